The van der Waals surface area contributed by atoms with Gasteiger partial charge in [0.25, 0.3) is 0 Å². The van der Waals surface area contributed by atoms with Crippen LogP contribution in [0.1, 0.15) is 15.4 Å². The molecule has 0 atom stereocenters. The maximum absolute atomic E-state index is 12.3. The van der Waals surface area contributed by atoms with Gasteiger partial charge in [-0.3, -0.25) is 4.79 Å². The van der Waals surface area contributed by atoms with E-state index in [1.54, 1.807) is 24.3 Å². The molecule has 0 radical (unpaired) electrons. The molecule has 0 fully saturated rings. The second-order valence-electron chi connectivity index (χ2n) is 3.80. The molecule has 3 rings (SSSR count). The summed E-state index contributed by atoms with van der Waals surface area (Å²) in [6.45, 7) is 0. The lowest BCUT2D eigenvalue weighted by Gasteiger charge is -1.99. The Bertz CT molecular complexity index is 702. The van der Waals surface area contributed by atoms with Gasteiger partial charge in [0, 0.05) is 5.56 Å². The molecule has 2 aromatic carbocycles. The summed E-state index contributed by atoms with van der Waals surface area (Å²) in [5.41, 5.74) is 1.34. The summed E-state index contributed by atoms with van der Waals surface area (Å²) in [5, 5.41) is 0.936. The van der Waals surface area contributed by atoms with Gasteiger partial charge in [-0.1, -0.05) is 35.9 Å². The zero-order valence-corrected chi connectivity index (χ0v) is 10.8. The van der Waals surface area contributed by atoms with E-state index in [1.165, 1.54) is 11.3 Å². The minimum Gasteiger partial charge on any atom is -0.286 e. The molecule has 0 amide bonds. The van der Waals surface area contributed by atoms with Crippen LogP contribution < -0.4 is 0 Å². The van der Waals surface area contributed by atoms with Crippen LogP contribution in [0.2, 0.25) is 5.02 Å². The van der Waals surface area contributed by atoms with E-state index in [2.05, 4.69) is 4.98 Å². The normalized spacial score (nSPS) is 10.7. The molecule has 0 unspecified atom stereocenters. The van der Waals surface area contributed by atoms with E-state index in [0.29, 0.717) is 15.6 Å². The van der Waals surface area contributed by atoms with Crippen LogP contribution in [-0.2, 0) is 0 Å². The number of fused-ring (bicyclic) bond motifs is 1. The number of carbonyl (C=O) groups excluding carboxylic acids is 1. The first kappa shape index (κ1) is 11.4. The topological polar surface area (TPSA) is 30.0 Å². The zero-order chi connectivity index (χ0) is 12.5. The number of para-hydroxylation sites is 1. The van der Waals surface area contributed by atoms with Crippen LogP contribution in [0.3, 0.4) is 0 Å². The second kappa shape index (κ2) is 4.52. The van der Waals surface area contributed by atoms with Crippen LogP contribution in [0.15, 0.2) is 48.5 Å². The summed E-state index contributed by atoms with van der Waals surface area (Å²) >= 11 is 7.41. The maximum atomic E-state index is 12.3. The molecule has 2 nitrogen and oxygen atoms in total. The Morgan fingerprint density at radius 2 is 1.78 bits per heavy atom. The van der Waals surface area contributed by atoms with Crippen LogP contribution in [0.25, 0.3) is 10.2 Å². The summed E-state index contributed by atoms with van der Waals surface area (Å²) in [6, 6.07) is 14.7. The largest absolute Gasteiger partial charge is 0.286 e. The number of aromatic nitrogens is 1. The lowest BCUT2D eigenvalue weighted by Crippen LogP contribution is -2.00. The number of rotatable bonds is 2. The highest BCUT2D eigenvalue weighted by Crippen LogP contribution is 2.25. The van der Waals surface area contributed by atoms with E-state index in [1.807, 2.05) is 24.3 Å². The molecule has 0 aliphatic carbocycles. The third-order valence-electron chi connectivity index (χ3n) is 2.61. The minimum atomic E-state index is -0.123. The van der Waals surface area contributed by atoms with Gasteiger partial charge >= 0.3 is 0 Å². The fourth-order valence-electron chi connectivity index (χ4n) is 1.73. The van der Waals surface area contributed by atoms with Crippen molar-refractivity contribution in [1.29, 1.82) is 0 Å². The number of carbonyl (C=O) groups is 1. The van der Waals surface area contributed by atoms with Crippen LogP contribution in [0.4, 0.5) is 0 Å². The fourth-order valence-corrected chi connectivity index (χ4v) is 2.87. The molecule has 0 aliphatic heterocycles. The Morgan fingerprint density at radius 1 is 1.06 bits per heavy atom. The smallest absolute Gasteiger partial charge is 0.223 e. The predicted octanol–water partition coefficient (Wildman–Crippen LogP) is 4.18. The average Bonchev–Trinajstić information content (AvgIpc) is 2.82. The monoisotopic (exact) mass is 273 g/mol. The van der Waals surface area contributed by atoms with E-state index >= 15 is 0 Å². The van der Waals surface area contributed by atoms with Gasteiger partial charge < -0.3 is 0 Å². The second-order valence-corrected chi connectivity index (χ2v) is 5.23. The van der Waals surface area contributed by atoms with Crippen molar-refractivity contribution in [1.82, 2.24) is 4.98 Å². The molecule has 0 spiro atoms. The van der Waals surface area contributed by atoms with Crippen molar-refractivity contribution in [3.8, 4) is 0 Å². The number of ketones is 1. The minimum absolute atomic E-state index is 0.123. The molecule has 0 aliphatic rings. The number of thiazole rings is 1. The van der Waals surface area contributed by atoms with Gasteiger partial charge in [0.05, 0.1) is 15.2 Å². The van der Waals surface area contributed by atoms with Crippen molar-refractivity contribution in [3.05, 3.63) is 64.1 Å². The Labute approximate surface area is 113 Å². The molecule has 1 heterocycles. The Balaban J connectivity index is 2.10. The summed E-state index contributed by atoms with van der Waals surface area (Å²) in [7, 11) is 0. The highest BCUT2D eigenvalue weighted by atomic mass is 35.5. The first-order valence-corrected chi connectivity index (χ1v) is 6.60. The standard InChI is InChI=1S/C14H8ClNOS/c15-10-6-2-1-5-9(10)13(17)14-16-11-7-3-4-8-12(11)18-14/h1-8H. The number of hydrogen-bond donors (Lipinski definition) is 0. The van der Waals surface area contributed by atoms with Crippen LogP contribution in [0.5, 0.6) is 0 Å². The molecular formula is C14H8ClNOS. The SMILES string of the molecule is O=C(c1nc2ccccc2s1)c1ccccc1Cl. The quantitative estimate of drug-likeness (QED) is 0.656. The summed E-state index contributed by atoms with van der Waals surface area (Å²) in [5.74, 6) is -0.123. The van der Waals surface area contributed by atoms with Gasteiger partial charge in [0.15, 0.2) is 5.01 Å². The number of halogens is 1. The van der Waals surface area contributed by atoms with Gasteiger partial charge in [-0.05, 0) is 24.3 Å². The van der Waals surface area contributed by atoms with Crippen molar-refractivity contribution >= 4 is 38.9 Å². The lowest BCUT2D eigenvalue weighted by atomic mass is 10.1. The lowest BCUT2D eigenvalue weighted by molar-refractivity contribution is 0.103. The molecule has 4 heteroatoms. The van der Waals surface area contributed by atoms with Crippen LogP contribution in [0, 0.1) is 0 Å². The highest BCUT2D eigenvalue weighted by molar-refractivity contribution is 7.20. The first-order valence-electron chi connectivity index (χ1n) is 5.40. The molecule has 0 saturated heterocycles. The first-order chi connectivity index (χ1) is 8.75. The zero-order valence-electron chi connectivity index (χ0n) is 9.26. The molecular weight excluding hydrogens is 266 g/mol. The van der Waals surface area contributed by atoms with Crippen molar-refractivity contribution < 1.29 is 4.79 Å². The number of benzene rings is 2. The summed E-state index contributed by atoms with van der Waals surface area (Å²) in [6.07, 6.45) is 0. The van der Waals surface area contributed by atoms with Crippen molar-refractivity contribution in [2.75, 3.05) is 0 Å². The summed E-state index contributed by atoms with van der Waals surface area (Å²) in [4.78, 5) is 16.6. The molecule has 88 valence electrons. The molecule has 3 aromatic rings. The van der Waals surface area contributed by atoms with E-state index in [0.717, 1.165) is 10.2 Å². The van der Waals surface area contributed by atoms with E-state index in [9.17, 15) is 4.79 Å². The van der Waals surface area contributed by atoms with E-state index in [-0.39, 0.29) is 5.78 Å². The highest BCUT2D eigenvalue weighted by Gasteiger charge is 2.16. The van der Waals surface area contributed by atoms with E-state index in [4.69, 9.17) is 11.6 Å². The molecule has 1 aromatic heterocycles. The number of nitrogens with zero attached hydrogens (tertiary/aromatic N) is 1. The van der Waals surface area contributed by atoms with Gasteiger partial charge in [0.1, 0.15) is 0 Å². The maximum Gasteiger partial charge on any atom is 0.223 e. The molecule has 18 heavy (non-hydrogen) atoms. The third-order valence-corrected chi connectivity index (χ3v) is 3.97. The summed E-state index contributed by atoms with van der Waals surface area (Å²) < 4.78 is 1.01. The van der Waals surface area contributed by atoms with Gasteiger partial charge in [-0.15, -0.1) is 11.3 Å². The number of hydrogen-bond acceptors (Lipinski definition) is 3. The van der Waals surface area contributed by atoms with Crippen molar-refractivity contribution in [3.63, 3.8) is 0 Å². The molecule has 0 N–H and O–H groups in total. The molecule has 0 saturated carbocycles. The Morgan fingerprint density at radius 3 is 2.56 bits per heavy atom. The van der Waals surface area contributed by atoms with Crippen molar-refractivity contribution in [2.45, 2.75) is 0 Å². The Kier molecular flexibility index (Phi) is 2.86. The Hall–Kier alpha value is -1.71. The van der Waals surface area contributed by atoms with Gasteiger partial charge in [0.2, 0.25) is 5.78 Å². The average molecular weight is 274 g/mol. The fraction of sp³-hybridized carbons (Fsp3) is 0. The van der Waals surface area contributed by atoms with Crippen molar-refractivity contribution in [2.24, 2.45) is 0 Å². The van der Waals surface area contributed by atoms with Crippen LogP contribution >= 0.6 is 22.9 Å². The molecule has 0 bridgehead atoms. The van der Waals surface area contributed by atoms with E-state index < -0.39 is 0 Å². The predicted molar refractivity (Wildman–Crippen MR) is 74.5 cm³/mol. The van der Waals surface area contributed by atoms with Gasteiger partial charge in [-0.25, -0.2) is 4.98 Å². The third kappa shape index (κ3) is 1.92. The van der Waals surface area contributed by atoms with Gasteiger partial charge in [-0.2, -0.15) is 0 Å². The van der Waals surface area contributed by atoms with Crippen LogP contribution in [-0.4, -0.2) is 10.8 Å².